The van der Waals surface area contributed by atoms with Crippen LogP contribution in [-0.4, -0.2) is 11.9 Å². The van der Waals surface area contributed by atoms with E-state index in [4.69, 9.17) is 5.73 Å². The minimum atomic E-state index is -0.127. The Balaban J connectivity index is 1.75. The Bertz CT molecular complexity index is 381. The lowest BCUT2D eigenvalue weighted by atomic mass is 9.85. The molecule has 3 nitrogen and oxygen atoms in total. The van der Waals surface area contributed by atoms with Crippen molar-refractivity contribution in [3.8, 4) is 0 Å². The summed E-state index contributed by atoms with van der Waals surface area (Å²) in [7, 11) is 0. The van der Waals surface area contributed by atoms with Gasteiger partial charge in [0.25, 0.3) is 0 Å². The van der Waals surface area contributed by atoms with Crippen molar-refractivity contribution < 1.29 is 4.79 Å². The summed E-state index contributed by atoms with van der Waals surface area (Å²) >= 11 is 1.81. The number of nitrogens with two attached hydrogens (primary N) is 1. The SMILES string of the molecule is Cc1ccsc1CNC1CCC(C(N)=O)CC1. The van der Waals surface area contributed by atoms with Gasteiger partial charge in [0, 0.05) is 23.4 Å². The third-order valence-electron chi connectivity index (χ3n) is 3.65. The second kappa shape index (κ2) is 5.65. The smallest absolute Gasteiger partial charge is 0.220 e. The summed E-state index contributed by atoms with van der Waals surface area (Å²) in [6.07, 6.45) is 4.02. The number of nitrogens with one attached hydrogen (secondary N) is 1. The highest BCUT2D eigenvalue weighted by atomic mass is 32.1. The molecule has 1 aromatic heterocycles. The van der Waals surface area contributed by atoms with Crippen LogP contribution in [0, 0.1) is 12.8 Å². The van der Waals surface area contributed by atoms with Crippen LogP contribution in [0.5, 0.6) is 0 Å². The molecule has 1 fully saturated rings. The Labute approximate surface area is 106 Å². The number of rotatable bonds is 4. The van der Waals surface area contributed by atoms with Crippen LogP contribution in [-0.2, 0) is 11.3 Å². The molecular formula is C13H20N2OS. The van der Waals surface area contributed by atoms with Gasteiger partial charge in [-0.15, -0.1) is 11.3 Å². The molecule has 94 valence electrons. The van der Waals surface area contributed by atoms with Gasteiger partial charge in [0.15, 0.2) is 0 Å². The van der Waals surface area contributed by atoms with Gasteiger partial charge in [-0.2, -0.15) is 0 Å². The quantitative estimate of drug-likeness (QED) is 0.863. The van der Waals surface area contributed by atoms with E-state index in [1.807, 2.05) is 0 Å². The highest BCUT2D eigenvalue weighted by Gasteiger charge is 2.24. The van der Waals surface area contributed by atoms with Gasteiger partial charge in [0.2, 0.25) is 5.91 Å². The zero-order valence-electron chi connectivity index (χ0n) is 10.2. The molecule has 17 heavy (non-hydrogen) atoms. The molecular weight excluding hydrogens is 232 g/mol. The minimum Gasteiger partial charge on any atom is -0.369 e. The van der Waals surface area contributed by atoms with E-state index in [0.29, 0.717) is 6.04 Å². The molecule has 0 bridgehead atoms. The lowest BCUT2D eigenvalue weighted by Crippen LogP contribution is -2.36. The lowest BCUT2D eigenvalue weighted by molar-refractivity contribution is -0.122. The third kappa shape index (κ3) is 3.30. The summed E-state index contributed by atoms with van der Waals surface area (Å²) in [5, 5.41) is 5.72. The molecule has 0 saturated heterocycles. The zero-order valence-corrected chi connectivity index (χ0v) is 11.1. The molecule has 0 radical (unpaired) electrons. The molecule has 3 N–H and O–H groups in total. The molecule has 4 heteroatoms. The first-order valence-electron chi connectivity index (χ1n) is 6.22. The first-order chi connectivity index (χ1) is 8.16. The van der Waals surface area contributed by atoms with Gasteiger partial charge in [-0.25, -0.2) is 0 Å². The molecule has 0 spiro atoms. The molecule has 1 amide bonds. The van der Waals surface area contributed by atoms with Crippen LogP contribution in [0.15, 0.2) is 11.4 Å². The van der Waals surface area contributed by atoms with Crippen molar-refractivity contribution in [3.63, 3.8) is 0 Å². The summed E-state index contributed by atoms with van der Waals surface area (Å²) in [4.78, 5) is 12.5. The van der Waals surface area contributed by atoms with Gasteiger partial charge < -0.3 is 11.1 Å². The fourth-order valence-electron chi connectivity index (χ4n) is 2.40. The molecule has 0 atom stereocenters. The molecule has 1 aliphatic carbocycles. The standard InChI is InChI=1S/C13H20N2OS/c1-9-6-7-17-12(9)8-15-11-4-2-10(3-5-11)13(14)16/h6-7,10-11,15H,2-5,8H2,1H3,(H2,14,16). The van der Waals surface area contributed by atoms with Gasteiger partial charge in [0.05, 0.1) is 0 Å². The fourth-order valence-corrected chi connectivity index (χ4v) is 3.26. The number of hydrogen-bond donors (Lipinski definition) is 2. The largest absolute Gasteiger partial charge is 0.369 e. The minimum absolute atomic E-state index is 0.108. The van der Waals surface area contributed by atoms with Gasteiger partial charge in [-0.05, 0) is 49.6 Å². The highest BCUT2D eigenvalue weighted by molar-refractivity contribution is 7.10. The lowest BCUT2D eigenvalue weighted by Gasteiger charge is -2.27. The summed E-state index contributed by atoms with van der Waals surface area (Å²) in [5.41, 5.74) is 6.69. The maximum atomic E-state index is 11.1. The van der Waals surface area contributed by atoms with E-state index in [0.717, 1.165) is 32.2 Å². The number of hydrogen-bond acceptors (Lipinski definition) is 3. The van der Waals surface area contributed by atoms with Crippen molar-refractivity contribution in [1.82, 2.24) is 5.32 Å². The van der Waals surface area contributed by atoms with E-state index in [9.17, 15) is 4.79 Å². The van der Waals surface area contributed by atoms with E-state index in [1.165, 1.54) is 10.4 Å². The molecule has 0 unspecified atom stereocenters. The molecule has 0 aliphatic heterocycles. The van der Waals surface area contributed by atoms with Crippen LogP contribution in [0.3, 0.4) is 0 Å². The van der Waals surface area contributed by atoms with Crippen LogP contribution >= 0.6 is 11.3 Å². The van der Waals surface area contributed by atoms with E-state index in [2.05, 4.69) is 23.7 Å². The predicted octanol–water partition coefficient (Wildman–Crippen LogP) is 2.19. The van der Waals surface area contributed by atoms with Crippen molar-refractivity contribution in [1.29, 1.82) is 0 Å². The van der Waals surface area contributed by atoms with E-state index in [1.54, 1.807) is 11.3 Å². The summed E-state index contributed by atoms with van der Waals surface area (Å²) < 4.78 is 0. The van der Waals surface area contributed by atoms with Crippen molar-refractivity contribution in [3.05, 3.63) is 21.9 Å². The van der Waals surface area contributed by atoms with Gasteiger partial charge in [0.1, 0.15) is 0 Å². The number of aryl methyl sites for hydroxylation is 1. The number of thiophene rings is 1. The van der Waals surface area contributed by atoms with E-state index < -0.39 is 0 Å². The first-order valence-corrected chi connectivity index (χ1v) is 7.10. The van der Waals surface area contributed by atoms with Crippen molar-refractivity contribution >= 4 is 17.2 Å². The normalized spacial score (nSPS) is 24.8. The Hall–Kier alpha value is -0.870. The average molecular weight is 252 g/mol. The molecule has 1 aliphatic rings. The molecule has 1 heterocycles. The maximum absolute atomic E-state index is 11.1. The van der Waals surface area contributed by atoms with Crippen molar-refractivity contribution in [2.24, 2.45) is 11.7 Å². The Kier molecular flexibility index (Phi) is 4.18. The Morgan fingerprint density at radius 2 is 2.18 bits per heavy atom. The van der Waals surface area contributed by atoms with Crippen LogP contribution in [0.1, 0.15) is 36.1 Å². The van der Waals surface area contributed by atoms with Crippen LogP contribution in [0.2, 0.25) is 0 Å². The van der Waals surface area contributed by atoms with Gasteiger partial charge in [-0.3, -0.25) is 4.79 Å². The average Bonchev–Trinajstić information content (AvgIpc) is 2.73. The fraction of sp³-hybridized carbons (Fsp3) is 0.615. The van der Waals surface area contributed by atoms with Crippen molar-refractivity contribution in [2.45, 2.75) is 45.2 Å². The predicted molar refractivity (Wildman–Crippen MR) is 70.8 cm³/mol. The summed E-state index contributed by atoms with van der Waals surface area (Å²) in [5.74, 6) is -0.0194. The first kappa shape index (κ1) is 12.6. The summed E-state index contributed by atoms with van der Waals surface area (Å²) in [6.45, 7) is 3.10. The summed E-state index contributed by atoms with van der Waals surface area (Å²) in [6, 6.07) is 2.71. The maximum Gasteiger partial charge on any atom is 0.220 e. The van der Waals surface area contributed by atoms with Crippen LogP contribution in [0.4, 0.5) is 0 Å². The van der Waals surface area contributed by atoms with E-state index in [-0.39, 0.29) is 11.8 Å². The number of carbonyl (C=O) groups excluding carboxylic acids is 1. The number of amides is 1. The monoisotopic (exact) mass is 252 g/mol. The van der Waals surface area contributed by atoms with Gasteiger partial charge in [-0.1, -0.05) is 0 Å². The van der Waals surface area contributed by atoms with Crippen molar-refractivity contribution in [2.75, 3.05) is 0 Å². The van der Waals surface area contributed by atoms with Gasteiger partial charge >= 0.3 is 0 Å². The molecule has 0 aromatic carbocycles. The molecule has 2 rings (SSSR count). The molecule has 1 saturated carbocycles. The second-order valence-electron chi connectivity index (χ2n) is 4.86. The number of primary amides is 1. The number of carbonyl (C=O) groups is 1. The van der Waals surface area contributed by atoms with Crippen LogP contribution < -0.4 is 11.1 Å². The Morgan fingerprint density at radius 1 is 1.47 bits per heavy atom. The van der Waals surface area contributed by atoms with Crippen LogP contribution in [0.25, 0.3) is 0 Å². The second-order valence-corrected chi connectivity index (χ2v) is 5.86. The zero-order chi connectivity index (χ0) is 12.3. The Morgan fingerprint density at radius 3 is 2.71 bits per heavy atom. The highest BCUT2D eigenvalue weighted by Crippen LogP contribution is 2.24. The molecule has 1 aromatic rings. The topological polar surface area (TPSA) is 55.1 Å². The third-order valence-corrected chi connectivity index (χ3v) is 4.67. The van der Waals surface area contributed by atoms with E-state index >= 15 is 0 Å².